The number of hydrogen-bond acceptors (Lipinski definition) is 6. The van der Waals surface area contributed by atoms with Gasteiger partial charge in [-0.1, -0.05) is 24.3 Å². The molecule has 156 valence electrons. The van der Waals surface area contributed by atoms with E-state index in [2.05, 4.69) is 25.0 Å². The fourth-order valence-corrected chi connectivity index (χ4v) is 3.70. The molecule has 1 aromatic carbocycles. The lowest BCUT2D eigenvalue weighted by atomic mass is 10.0. The van der Waals surface area contributed by atoms with E-state index >= 15 is 0 Å². The Morgan fingerprint density at radius 1 is 1.06 bits per heavy atom. The van der Waals surface area contributed by atoms with Gasteiger partial charge in [-0.3, -0.25) is 9.67 Å². The van der Waals surface area contributed by atoms with Crippen LogP contribution in [-0.4, -0.2) is 34.3 Å². The van der Waals surface area contributed by atoms with Crippen LogP contribution in [0.1, 0.15) is 18.4 Å². The van der Waals surface area contributed by atoms with Gasteiger partial charge in [-0.15, -0.1) is 5.10 Å². The summed E-state index contributed by atoms with van der Waals surface area (Å²) in [4.78, 5) is 17.4. The van der Waals surface area contributed by atoms with E-state index < -0.39 is 0 Å². The minimum Gasteiger partial charge on any atom is -0.368 e. The highest BCUT2D eigenvalue weighted by Crippen LogP contribution is 2.36. The summed E-state index contributed by atoms with van der Waals surface area (Å²) in [6.07, 6.45) is 3.96. The fraction of sp³-hybridized carbons (Fsp3) is 0.130. The van der Waals surface area contributed by atoms with E-state index in [1.165, 1.54) is 0 Å². The zero-order chi connectivity index (χ0) is 22.1. The fourth-order valence-electron chi connectivity index (χ4n) is 3.70. The summed E-state index contributed by atoms with van der Waals surface area (Å²) in [6.45, 7) is 10.1. The van der Waals surface area contributed by atoms with E-state index in [1.54, 1.807) is 29.0 Å². The first-order valence-electron chi connectivity index (χ1n) is 10.1. The Labute approximate surface area is 184 Å². The average Bonchev–Trinajstić information content (AvgIpc) is 3.47. The number of rotatable bonds is 5. The Morgan fingerprint density at radius 2 is 1.97 bits per heavy atom. The molecule has 0 saturated heterocycles. The number of aromatic nitrogens is 7. The molecule has 0 saturated carbocycles. The van der Waals surface area contributed by atoms with Crippen molar-refractivity contribution in [3.8, 4) is 22.5 Å². The number of nitrogens with zero attached hydrogens (tertiary/aromatic N) is 8. The SMILES string of the molecule is [C-]#[N+]c1cccc(-c2nc(N)n3nc(Cc4ccccn4)nc3c2-c2ccnn2CC)c1. The Morgan fingerprint density at radius 3 is 2.75 bits per heavy atom. The highest BCUT2D eigenvalue weighted by molar-refractivity contribution is 5.90. The quantitative estimate of drug-likeness (QED) is 0.433. The molecule has 2 N–H and O–H groups in total. The maximum absolute atomic E-state index is 7.38. The van der Waals surface area contributed by atoms with Crippen LogP contribution in [0, 0.1) is 6.57 Å². The van der Waals surface area contributed by atoms with Crippen LogP contribution in [0.5, 0.6) is 0 Å². The molecule has 0 aliphatic carbocycles. The van der Waals surface area contributed by atoms with Crippen molar-refractivity contribution in [2.75, 3.05) is 5.73 Å². The second-order valence-electron chi connectivity index (χ2n) is 7.15. The molecule has 0 unspecified atom stereocenters. The van der Waals surface area contributed by atoms with Gasteiger partial charge in [0.2, 0.25) is 5.95 Å². The van der Waals surface area contributed by atoms with Gasteiger partial charge in [0.1, 0.15) is 0 Å². The van der Waals surface area contributed by atoms with Gasteiger partial charge in [0.25, 0.3) is 0 Å². The molecular formula is C23H19N9. The zero-order valence-corrected chi connectivity index (χ0v) is 17.3. The molecule has 9 heteroatoms. The Kier molecular flexibility index (Phi) is 4.80. The molecule has 4 aromatic heterocycles. The third kappa shape index (κ3) is 3.33. The summed E-state index contributed by atoms with van der Waals surface area (Å²) in [5.41, 5.74) is 11.3. The van der Waals surface area contributed by atoms with E-state index in [4.69, 9.17) is 17.3 Å². The summed E-state index contributed by atoms with van der Waals surface area (Å²) < 4.78 is 3.44. The number of hydrogen-bond donors (Lipinski definition) is 1. The van der Waals surface area contributed by atoms with Gasteiger partial charge in [-0.25, -0.2) is 14.8 Å². The van der Waals surface area contributed by atoms with Gasteiger partial charge < -0.3 is 5.73 Å². The van der Waals surface area contributed by atoms with E-state index in [1.807, 2.05) is 48.0 Å². The molecule has 0 radical (unpaired) electrons. The minimum absolute atomic E-state index is 0.217. The maximum atomic E-state index is 7.38. The minimum atomic E-state index is 0.217. The molecule has 0 spiro atoms. The van der Waals surface area contributed by atoms with Crippen molar-refractivity contribution in [3.05, 3.63) is 83.9 Å². The average molecular weight is 421 g/mol. The van der Waals surface area contributed by atoms with Crippen molar-refractivity contribution >= 4 is 17.3 Å². The van der Waals surface area contributed by atoms with Gasteiger partial charge in [0.15, 0.2) is 17.2 Å². The largest absolute Gasteiger partial charge is 0.368 e. The second-order valence-corrected chi connectivity index (χ2v) is 7.15. The van der Waals surface area contributed by atoms with Crippen LogP contribution in [0.15, 0.2) is 60.9 Å². The number of fused-ring (bicyclic) bond motifs is 1. The third-order valence-electron chi connectivity index (χ3n) is 5.14. The first-order valence-corrected chi connectivity index (χ1v) is 10.1. The van der Waals surface area contributed by atoms with Gasteiger partial charge >= 0.3 is 0 Å². The number of pyridine rings is 1. The molecule has 0 aliphatic heterocycles. The maximum Gasteiger partial charge on any atom is 0.223 e. The zero-order valence-electron chi connectivity index (χ0n) is 17.3. The predicted octanol–water partition coefficient (Wildman–Crippen LogP) is 3.79. The lowest BCUT2D eigenvalue weighted by Gasteiger charge is -2.13. The number of nitrogens with two attached hydrogens (primary N) is 1. The molecule has 0 aliphatic rings. The summed E-state index contributed by atoms with van der Waals surface area (Å²) in [5, 5.41) is 9.03. The van der Waals surface area contributed by atoms with Crippen LogP contribution in [0.4, 0.5) is 11.6 Å². The molecule has 9 nitrogen and oxygen atoms in total. The van der Waals surface area contributed by atoms with Gasteiger partial charge in [-0.2, -0.15) is 9.61 Å². The van der Waals surface area contributed by atoms with Crippen molar-refractivity contribution in [2.24, 2.45) is 0 Å². The summed E-state index contributed by atoms with van der Waals surface area (Å²) in [7, 11) is 0. The van der Waals surface area contributed by atoms with E-state index in [9.17, 15) is 0 Å². The van der Waals surface area contributed by atoms with Crippen LogP contribution in [0.3, 0.4) is 0 Å². The van der Waals surface area contributed by atoms with Crippen LogP contribution in [0.2, 0.25) is 0 Å². The monoisotopic (exact) mass is 421 g/mol. The first-order chi connectivity index (χ1) is 15.7. The molecule has 4 heterocycles. The van der Waals surface area contributed by atoms with Crippen LogP contribution in [-0.2, 0) is 13.0 Å². The standard InChI is InChI=1S/C23H19N9/c1-3-31-18(10-12-27-31)20-21(15-7-6-9-16(13-15)25-2)29-23(24)32-22(20)28-19(30-32)14-17-8-4-5-11-26-17/h4-13H,3,14H2,1H3,(H2,24,29). The Bertz CT molecular complexity index is 1460. The van der Waals surface area contributed by atoms with Crippen molar-refractivity contribution in [3.63, 3.8) is 0 Å². The van der Waals surface area contributed by atoms with E-state index in [0.717, 1.165) is 22.5 Å². The summed E-state index contributed by atoms with van der Waals surface area (Å²) in [6, 6.07) is 15.0. The predicted molar refractivity (Wildman–Crippen MR) is 121 cm³/mol. The first kappa shape index (κ1) is 19.4. The molecule has 32 heavy (non-hydrogen) atoms. The van der Waals surface area contributed by atoms with Crippen molar-refractivity contribution in [1.29, 1.82) is 0 Å². The van der Waals surface area contributed by atoms with Crippen molar-refractivity contribution in [2.45, 2.75) is 19.9 Å². The highest BCUT2D eigenvalue weighted by atomic mass is 15.4. The molecule has 0 atom stereocenters. The highest BCUT2D eigenvalue weighted by Gasteiger charge is 2.22. The Balaban J connectivity index is 1.78. The smallest absolute Gasteiger partial charge is 0.223 e. The molecule has 5 aromatic rings. The molecule has 0 fully saturated rings. The summed E-state index contributed by atoms with van der Waals surface area (Å²) >= 11 is 0. The molecule has 0 bridgehead atoms. The normalized spacial score (nSPS) is 11.0. The van der Waals surface area contributed by atoms with Crippen LogP contribution in [0.25, 0.3) is 33.0 Å². The number of benzene rings is 1. The van der Waals surface area contributed by atoms with Gasteiger partial charge in [-0.05, 0) is 36.8 Å². The topological polar surface area (TPSA) is 104 Å². The van der Waals surface area contributed by atoms with Gasteiger partial charge in [0.05, 0.1) is 29.9 Å². The number of nitrogen functional groups attached to an aromatic ring is 1. The van der Waals surface area contributed by atoms with Crippen LogP contribution < -0.4 is 5.73 Å². The third-order valence-corrected chi connectivity index (χ3v) is 5.14. The second kappa shape index (κ2) is 7.92. The lowest BCUT2D eigenvalue weighted by Crippen LogP contribution is -2.08. The van der Waals surface area contributed by atoms with Crippen molar-refractivity contribution < 1.29 is 0 Å². The number of anilines is 1. The molecular weight excluding hydrogens is 402 g/mol. The van der Waals surface area contributed by atoms with E-state index in [0.29, 0.717) is 35.8 Å². The Hall–Kier alpha value is -4.58. The van der Waals surface area contributed by atoms with E-state index in [-0.39, 0.29) is 5.95 Å². The molecule has 0 amide bonds. The number of aryl methyl sites for hydroxylation is 1. The van der Waals surface area contributed by atoms with Gasteiger partial charge in [0, 0.05) is 24.6 Å². The van der Waals surface area contributed by atoms with Crippen molar-refractivity contribution in [1.82, 2.24) is 34.3 Å². The lowest BCUT2D eigenvalue weighted by molar-refractivity contribution is 0.667. The van der Waals surface area contributed by atoms with Crippen LogP contribution >= 0.6 is 0 Å². The summed E-state index contributed by atoms with van der Waals surface area (Å²) in [5.74, 6) is 0.808. The molecule has 5 rings (SSSR count).